The number of carbonyl (C=O) groups is 4. The monoisotopic (exact) mass is 413 g/mol. The molecule has 4 amide bonds. The molecule has 0 bridgehead atoms. The Kier molecular flexibility index (Phi) is 5.30. The molecular formula is C20H19N3O5S. The topological polar surface area (TPSA) is 96.0 Å². The number of hydrogen-bond acceptors (Lipinski definition) is 6. The van der Waals surface area contributed by atoms with Gasteiger partial charge in [-0.25, -0.2) is 9.59 Å². The van der Waals surface area contributed by atoms with Crippen LogP contribution in [0.15, 0.2) is 35.7 Å². The Morgan fingerprint density at radius 1 is 1.14 bits per heavy atom. The average Bonchev–Trinajstić information content (AvgIpc) is 3.33. The zero-order valence-electron chi connectivity index (χ0n) is 15.6. The highest BCUT2D eigenvalue weighted by atomic mass is 32.1. The largest absolute Gasteiger partial charge is 0.452 e. The minimum absolute atomic E-state index is 0.00199. The van der Waals surface area contributed by atoms with Gasteiger partial charge in [0.25, 0.3) is 5.91 Å². The van der Waals surface area contributed by atoms with E-state index < -0.39 is 12.0 Å². The summed E-state index contributed by atoms with van der Waals surface area (Å²) in [5, 5.41) is 4.48. The van der Waals surface area contributed by atoms with E-state index in [1.165, 1.54) is 4.88 Å². The maximum absolute atomic E-state index is 12.4. The van der Waals surface area contributed by atoms with Crippen molar-refractivity contribution in [1.82, 2.24) is 15.1 Å². The van der Waals surface area contributed by atoms with Gasteiger partial charge in [0.1, 0.15) is 0 Å². The Hall–Kier alpha value is -3.20. The van der Waals surface area contributed by atoms with Crippen molar-refractivity contribution in [3.8, 4) is 0 Å². The third-order valence-corrected chi connectivity index (χ3v) is 5.98. The summed E-state index contributed by atoms with van der Waals surface area (Å²) in [6, 6.07) is 8.01. The van der Waals surface area contributed by atoms with Crippen molar-refractivity contribution in [3.63, 3.8) is 0 Å². The fraction of sp³-hybridized carbons (Fsp3) is 0.300. The van der Waals surface area contributed by atoms with Gasteiger partial charge in [0.15, 0.2) is 6.61 Å². The highest BCUT2D eigenvalue weighted by Crippen LogP contribution is 2.24. The molecular weight excluding hydrogens is 394 g/mol. The number of carbonyl (C=O) groups excluding carboxylic acids is 4. The molecule has 0 spiro atoms. The van der Waals surface area contributed by atoms with Crippen molar-refractivity contribution in [2.75, 3.05) is 19.7 Å². The van der Waals surface area contributed by atoms with E-state index in [0.29, 0.717) is 24.2 Å². The standard InChI is InChI=1S/C20H19N3O5S/c24-17-9-21-20(27)23(17)10-13-1-3-14(4-2-13)19(26)28-12-18(25)22-7-5-16-15(11-22)6-8-29-16/h1-4,6,8H,5,7,9-12H2,(H,21,27). The molecule has 1 fully saturated rings. The van der Waals surface area contributed by atoms with E-state index in [1.54, 1.807) is 40.5 Å². The predicted octanol–water partition coefficient (Wildman–Crippen LogP) is 1.54. The van der Waals surface area contributed by atoms with Crippen LogP contribution in [0.3, 0.4) is 0 Å². The van der Waals surface area contributed by atoms with Gasteiger partial charge in [-0.1, -0.05) is 12.1 Å². The molecule has 1 aromatic carbocycles. The van der Waals surface area contributed by atoms with Gasteiger partial charge in [0, 0.05) is 18.0 Å². The zero-order chi connectivity index (χ0) is 20.4. The second-order valence-corrected chi connectivity index (χ2v) is 7.85. The van der Waals surface area contributed by atoms with Crippen LogP contribution < -0.4 is 5.32 Å². The first-order chi connectivity index (χ1) is 14.0. The van der Waals surface area contributed by atoms with E-state index in [9.17, 15) is 19.2 Å². The van der Waals surface area contributed by atoms with Crippen molar-refractivity contribution >= 4 is 35.2 Å². The van der Waals surface area contributed by atoms with Gasteiger partial charge in [-0.3, -0.25) is 14.5 Å². The molecule has 0 radical (unpaired) electrons. The Bertz CT molecular complexity index is 953. The highest BCUT2D eigenvalue weighted by molar-refractivity contribution is 7.10. The van der Waals surface area contributed by atoms with Crippen molar-refractivity contribution in [2.24, 2.45) is 0 Å². The number of amides is 4. The van der Waals surface area contributed by atoms with Gasteiger partial charge in [-0.05, 0) is 41.1 Å². The molecule has 9 heteroatoms. The molecule has 0 saturated carbocycles. The number of thiophene rings is 1. The van der Waals surface area contributed by atoms with E-state index in [4.69, 9.17) is 4.74 Å². The third-order valence-electron chi connectivity index (χ3n) is 4.95. The molecule has 2 aliphatic heterocycles. The van der Waals surface area contributed by atoms with E-state index in [1.807, 2.05) is 11.4 Å². The first kappa shape index (κ1) is 19.1. The van der Waals surface area contributed by atoms with Crippen LogP contribution in [0.1, 0.15) is 26.4 Å². The summed E-state index contributed by atoms with van der Waals surface area (Å²) in [5.41, 5.74) is 2.17. The summed E-state index contributed by atoms with van der Waals surface area (Å²) in [6.45, 7) is 1.01. The first-order valence-electron chi connectivity index (χ1n) is 9.18. The van der Waals surface area contributed by atoms with E-state index >= 15 is 0 Å². The molecule has 2 aromatic rings. The minimum atomic E-state index is -0.590. The lowest BCUT2D eigenvalue weighted by Crippen LogP contribution is -2.38. The maximum Gasteiger partial charge on any atom is 0.338 e. The molecule has 3 heterocycles. The van der Waals surface area contributed by atoms with Gasteiger partial charge in [0.05, 0.1) is 18.7 Å². The molecule has 150 valence electrons. The summed E-state index contributed by atoms with van der Waals surface area (Å²) in [5.74, 6) is -1.09. The van der Waals surface area contributed by atoms with Crippen LogP contribution in [0.2, 0.25) is 0 Å². The fourth-order valence-corrected chi connectivity index (χ4v) is 4.20. The van der Waals surface area contributed by atoms with Crippen molar-refractivity contribution in [3.05, 3.63) is 57.3 Å². The summed E-state index contributed by atoms with van der Waals surface area (Å²) < 4.78 is 5.16. The Balaban J connectivity index is 1.29. The second kappa shape index (κ2) is 8.04. The Morgan fingerprint density at radius 2 is 1.93 bits per heavy atom. The van der Waals surface area contributed by atoms with Crippen LogP contribution in [0.5, 0.6) is 0 Å². The van der Waals surface area contributed by atoms with E-state index in [2.05, 4.69) is 5.32 Å². The number of nitrogens with one attached hydrogen (secondary N) is 1. The lowest BCUT2D eigenvalue weighted by molar-refractivity contribution is -0.135. The number of hydrogen-bond donors (Lipinski definition) is 1. The van der Waals surface area contributed by atoms with E-state index in [0.717, 1.165) is 16.9 Å². The van der Waals surface area contributed by atoms with Gasteiger partial charge in [-0.2, -0.15) is 0 Å². The van der Waals surface area contributed by atoms with Crippen LogP contribution in [0.25, 0.3) is 0 Å². The lowest BCUT2D eigenvalue weighted by Gasteiger charge is -2.26. The quantitative estimate of drug-likeness (QED) is 0.593. The molecule has 29 heavy (non-hydrogen) atoms. The average molecular weight is 413 g/mol. The van der Waals surface area contributed by atoms with Crippen LogP contribution in [0.4, 0.5) is 4.79 Å². The number of esters is 1. The van der Waals surface area contributed by atoms with Crippen molar-refractivity contribution in [1.29, 1.82) is 0 Å². The minimum Gasteiger partial charge on any atom is -0.452 e. The van der Waals surface area contributed by atoms with Crippen LogP contribution in [-0.4, -0.2) is 53.3 Å². The number of urea groups is 1. The molecule has 1 N–H and O–H groups in total. The summed E-state index contributed by atoms with van der Waals surface area (Å²) in [6.07, 6.45) is 0.825. The van der Waals surface area contributed by atoms with Crippen LogP contribution in [0, 0.1) is 0 Å². The second-order valence-electron chi connectivity index (χ2n) is 6.85. The Morgan fingerprint density at radius 3 is 2.66 bits per heavy atom. The SMILES string of the molecule is O=C(OCC(=O)N1CCc2sccc2C1)c1ccc(CN2C(=O)CNC2=O)cc1. The maximum atomic E-state index is 12.4. The number of benzene rings is 1. The molecule has 0 unspecified atom stereocenters. The van der Waals surface area contributed by atoms with Gasteiger partial charge in [0.2, 0.25) is 5.91 Å². The highest BCUT2D eigenvalue weighted by Gasteiger charge is 2.28. The zero-order valence-corrected chi connectivity index (χ0v) is 16.4. The van der Waals surface area contributed by atoms with Crippen LogP contribution in [-0.2, 0) is 33.8 Å². The summed E-state index contributed by atoms with van der Waals surface area (Å²) in [4.78, 5) is 51.9. The predicted molar refractivity (Wildman–Crippen MR) is 104 cm³/mol. The molecule has 0 aliphatic carbocycles. The lowest BCUT2D eigenvalue weighted by atomic mass is 10.1. The molecule has 1 aromatic heterocycles. The van der Waals surface area contributed by atoms with Crippen molar-refractivity contribution in [2.45, 2.75) is 19.5 Å². The number of ether oxygens (including phenoxy) is 1. The van der Waals surface area contributed by atoms with Gasteiger partial charge in [-0.15, -0.1) is 11.3 Å². The molecule has 8 nitrogen and oxygen atoms in total. The number of imide groups is 1. The fourth-order valence-electron chi connectivity index (χ4n) is 3.31. The summed E-state index contributed by atoms with van der Waals surface area (Å²) >= 11 is 1.70. The Labute approximate surface area is 171 Å². The van der Waals surface area contributed by atoms with Gasteiger partial charge < -0.3 is 15.0 Å². The molecule has 0 atom stereocenters. The first-order valence-corrected chi connectivity index (χ1v) is 10.1. The number of fused-ring (bicyclic) bond motifs is 1. The normalized spacial score (nSPS) is 15.9. The molecule has 4 rings (SSSR count). The van der Waals surface area contributed by atoms with E-state index in [-0.39, 0.29) is 31.5 Å². The molecule has 2 aliphatic rings. The van der Waals surface area contributed by atoms with Crippen LogP contribution >= 0.6 is 11.3 Å². The molecule has 1 saturated heterocycles. The smallest absolute Gasteiger partial charge is 0.338 e. The van der Waals surface area contributed by atoms with Crippen molar-refractivity contribution < 1.29 is 23.9 Å². The third kappa shape index (κ3) is 4.14. The van der Waals surface area contributed by atoms with Gasteiger partial charge >= 0.3 is 12.0 Å². The number of nitrogens with zero attached hydrogens (tertiary/aromatic N) is 2. The summed E-state index contributed by atoms with van der Waals surface area (Å²) in [7, 11) is 0. The number of rotatable bonds is 5.